The molecule has 2 aromatic carbocycles. The number of carbonyl (C=O) groups excluding carboxylic acids is 1. The fourth-order valence-corrected chi connectivity index (χ4v) is 2.37. The molecule has 0 aliphatic carbocycles. The largest absolute Gasteiger partial charge is 0.465 e. The second-order valence-corrected chi connectivity index (χ2v) is 4.84. The maximum absolute atomic E-state index is 11.8. The third kappa shape index (κ3) is 2.42. The van der Waals surface area contributed by atoms with Crippen molar-refractivity contribution in [3.8, 4) is 6.07 Å². The van der Waals surface area contributed by atoms with Gasteiger partial charge in [-0.2, -0.15) is 10.4 Å². The predicted octanol–water partition coefficient (Wildman–Crippen LogP) is 2.74. The lowest BCUT2D eigenvalue weighted by molar-refractivity contribution is 0.0603. The van der Waals surface area contributed by atoms with Crippen LogP contribution in [0.4, 0.5) is 0 Å². The van der Waals surface area contributed by atoms with Crippen molar-refractivity contribution in [3.05, 3.63) is 65.4 Å². The molecule has 108 valence electrons. The van der Waals surface area contributed by atoms with Crippen LogP contribution >= 0.6 is 0 Å². The van der Waals surface area contributed by atoms with E-state index in [2.05, 4.69) is 11.2 Å². The van der Waals surface area contributed by atoms with E-state index in [1.807, 2.05) is 28.9 Å². The Bertz CT molecular complexity index is 873. The molecule has 0 radical (unpaired) electrons. The molecule has 3 rings (SSSR count). The lowest BCUT2D eigenvalue weighted by atomic mass is 10.1. The van der Waals surface area contributed by atoms with E-state index in [1.165, 1.54) is 7.11 Å². The minimum Gasteiger partial charge on any atom is -0.465 e. The Hall–Kier alpha value is -3.13. The zero-order valence-corrected chi connectivity index (χ0v) is 12.0. The smallest absolute Gasteiger partial charge is 0.338 e. The zero-order chi connectivity index (χ0) is 15.5. The maximum atomic E-state index is 11.8. The van der Waals surface area contributed by atoms with Crippen LogP contribution in [0.25, 0.3) is 10.9 Å². The minimum absolute atomic E-state index is 0.372. The molecule has 0 aliphatic rings. The predicted molar refractivity (Wildman–Crippen MR) is 81.3 cm³/mol. The summed E-state index contributed by atoms with van der Waals surface area (Å²) >= 11 is 0. The van der Waals surface area contributed by atoms with Gasteiger partial charge in [0, 0.05) is 5.39 Å². The Morgan fingerprint density at radius 3 is 2.73 bits per heavy atom. The summed E-state index contributed by atoms with van der Waals surface area (Å²) in [5, 5.41) is 13.9. The van der Waals surface area contributed by atoms with E-state index < -0.39 is 0 Å². The Labute approximate surface area is 127 Å². The van der Waals surface area contributed by atoms with Crippen LogP contribution < -0.4 is 0 Å². The van der Waals surface area contributed by atoms with Gasteiger partial charge in [0.15, 0.2) is 0 Å². The van der Waals surface area contributed by atoms with Crippen molar-refractivity contribution in [3.63, 3.8) is 0 Å². The second-order valence-electron chi connectivity index (χ2n) is 4.84. The van der Waals surface area contributed by atoms with Crippen molar-refractivity contribution < 1.29 is 9.53 Å². The van der Waals surface area contributed by atoms with E-state index in [1.54, 1.807) is 24.4 Å². The molecule has 0 saturated carbocycles. The highest BCUT2D eigenvalue weighted by Gasteiger charge is 2.13. The van der Waals surface area contributed by atoms with Gasteiger partial charge in [0.05, 0.1) is 42.6 Å². The molecule has 5 nitrogen and oxygen atoms in total. The van der Waals surface area contributed by atoms with E-state index in [-0.39, 0.29) is 5.97 Å². The third-order valence-electron chi connectivity index (χ3n) is 3.51. The molecule has 22 heavy (non-hydrogen) atoms. The van der Waals surface area contributed by atoms with Crippen molar-refractivity contribution in [1.82, 2.24) is 9.78 Å². The number of carbonyl (C=O) groups is 1. The number of hydrogen-bond acceptors (Lipinski definition) is 4. The minimum atomic E-state index is -0.372. The van der Waals surface area contributed by atoms with Crippen molar-refractivity contribution in [2.24, 2.45) is 0 Å². The molecule has 0 saturated heterocycles. The highest BCUT2D eigenvalue weighted by atomic mass is 16.5. The number of aromatic nitrogens is 2. The number of nitriles is 1. The Morgan fingerprint density at radius 2 is 2.05 bits per heavy atom. The van der Waals surface area contributed by atoms with Gasteiger partial charge in [0.25, 0.3) is 0 Å². The van der Waals surface area contributed by atoms with Gasteiger partial charge in [0.2, 0.25) is 0 Å². The average Bonchev–Trinajstić information content (AvgIpc) is 2.98. The van der Waals surface area contributed by atoms with Gasteiger partial charge in [-0.15, -0.1) is 0 Å². The molecule has 0 fully saturated rings. The van der Waals surface area contributed by atoms with E-state index >= 15 is 0 Å². The van der Waals surface area contributed by atoms with Crippen molar-refractivity contribution >= 4 is 16.9 Å². The third-order valence-corrected chi connectivity index (χ3v) is 3.51. The molecule has 0 bridgehead atoms. The Balaban J connectivity index is 1.98. The number of hydrogen-bond donors (Lipinski definition) is 0. The van der Waals surface area contributed by atoms with Crippen molar-refractivity contribution in [2.75, 3.05) is 7.11 Å². The molecule has 0 N–H and O–H groups in total. The summed E-state index contributed by atoms with van der Waals surface area (Å²) in [6.45, 7) is 0.569. The first-order chi connectivity index (χ1) is 10.7. The summed E-state index contributed by atoms with van der Waals surface area (Å²) in [5.74, 6) is -0.372. The van der Waals surface area contributed by atoms with Crippen LogP contribution in [0.15, 0.2) is 48.7 Å². The van der Waals surface area contributed by atoms with Crippen LogP contribution in [0.2, 0.25) is 0 Å². The molecular formula is C17H13N3O2. The number of fused-ring (bicyclic) bond motifs is 1. The number of rotatable bonds is 3. The van der Waals surface area contributed by atoms with Gasteiger partial charge < -0.3 is 4.74 Å². The summed E-state index contributed by atoms with van der Waals surface area (Å²) in [7, 11) is 1.36. The molecule has 0 atom stereocenters. The molecular weight excluding hydrogens is 278 g/mol. The first-order valence-electron chi connectivity index (χ1n) is 6.75. The molecule has 0 aliphatic heterocycles. The molecule has 0 unspecified atom stereocenters. The number of ether oxygens (including phenoxy) is 1. The number of methoxy groups -OCH3 is 1. The van der Waals surface area contributed by atoms with Crippen LogP contribution in [0.5, 0.6) is 0 Å². The first kappa shape index (κ1) is 13.8. The van der Waals surface area contributed by atoms with Crippen LogP contribution in [0.1, 0.15) is 21.5 Å². The van der Waals surface area contributed by atoms with Gasteiger partial charge in [-0.3, -0.25) is 4.68 Å². The maximum Gasteiger partial charge on any atom is 0.338 e. The van der Waals surface area contributed by atoms with Crippen molar-refractivity contribution in [2.45, 2.75) is 6.54 Å². The van der Waals surface area contributed by atoms with Gasteiger partial charge in [0.1, 0.15) is 0 Å². The van der Waals surface area contributed by atoms with E-state index in [9.17, 15) is 4.79 Å². The zero-order valence-electron chi connectivity index (χ0n) is 12.0. The number of nitrogens with zero attached hydrogens (tertiary/aromatic N) is 3. The number of esters is 1. The van der Waals surface area contributed by atoms with Crippen LogP contribution in [-0.4, -0.2) is 22.9 Å². The molecule has 1 heterocycles. The Kier molecular flexibility index (Phi) is 3.58. The van der Waals surface area contributed by atoms with E-state index in [0.717, 1.165) is 16.5 Å². The summed E-state index contributed by atoms with van der Waals surface area (Å²) < 4.78 is 6.61. The Morgan fingerprint density at radius 1 is 1.27 bits per heavy atom. The fourth-order valence-electron chi connectivity index (χ4n) is 2.37. The summed E-state index contributed by atoms with van der Waals surface area (Å²) in [6, 6.07) is 14.9. The monoisotopic (exact) mass is 291 g/mol. The highest BCUT2D eigenvalue weighted by Crippen LogP contribution is 2.20. The van der Waals surface area contributed by atoms with Crippen LogP contribution in [0.3, 0.4) is 0 Å². The molecule has 5 heteroatoms. The van der Waals surface area contributed by atoms with E-state index in [4.69, 9.17) is 10.00 Å². The standard InChI is InChI=1S/C17H13N3O2/c1-22-17(21)14-3-2-4-16-15(14)10-19-20(16)11-13-7-5-12(9-18)6-8-13/h2-8,10H,11H2,1H3. The quantitative estimate of drug-likeness (QED) is 0.696. The molecule has 3 aromatic rings. The topological polar surface area (TPSA) is 67.9 Å². The lowest BCUT2D eigenvalue weighted by Crippen LogP contribution is -2.03. The van der Waals surface area contributed by atoms with Gasteiger partial charge in [-0.05, 0) is 29.8 Å². The molecule has 1 aromatic heterocycles. The number of benzene rings is 2. The summed E-state index contributed by atoms with van der Waals surface area (Å²) in [5.41, 5.74) is 3.04. The van der Waals surface area contributed by atoms with Crippen molar-refractivity contribution in [1.29, 1.82) is 5.26 Å². The summed E-state index contributed by atoms with van der Waals surface area (Å²) in [6.07, 6.45) is 1.67. The molecule has 0 spiro atoms. The molecule has 0 amide bonds. The van der Waals surface area contributed by atoms with Gasteiger partial charge in [-0.1, -0.05) is 18.2 Å². The second kappa shape index (κ2) is 5.70. The fraction of sp³-hybridized carbons (Fsp3) is 0.118. The van der Waals surface area contributed by atoms with Gasteiger partial charge in [-0.25, -0.2) is 4.79 Å². The van der Waals surface area contributed by atoms with E-state index in [0.29, 0.717) is 17.7 Å². The highest BCUT2D eigenvalue weighted by molar-refractivity contribution is 6.03. The normalized spacial score (nSPS) is 10.4. The SMILES string of the molecule is COC(=O)c1cccc2c1cnn2Cc1ccc(C#N)cc1. The summed E-state index contributed by atoms with van der Waals surface area (Å²) in [4.78, 5) is 11.8. The lowest BCUT2D eigenvalue weighted by Gasteiger charge is -2.05. The first-order valence-corrected chi connectivity index (χ1v) is 6.75. The van der Waals surface area contributed by atoms with Gasteiger partial charge >= 0.3 is 5.97 Å². The van der Waals surface area contributed by atoms with Crippen LogP contribution in [-0.2, 0) is 11.3 Å². The van der Waals surface area contributed by atoms with Crippen LogP contribution in [0, 0.1) is 11.3 Å². The average molecular weight is 291 g/mol.